The molecule has 0 aliphatic carbocycles. The van der Waals surface area contributed by atoms with Gasteiger partial charge in [0.1, 0.15) is 0 Å². The average molecular weight is 371 g/mol. The lowest BCUT2D eigenvalue weighted by Crippen LogP contribution is -2.50. The molecule has 0 N–H and O–H groups in total. The van der Waals surface area contributed by atoms with Gasteiger partial charge in [-0.1, -0.05) is 0 Å². The zero-order valence-electron chi connectivity index (χ0n) is 15.6. The maximum Gasteiger partial charge on any atom is 0.255 e. The van der Waals surface area contributed by atoms with Crippen molar-refractivity contribution in [3.05, 3.63) is 40.9 Å². The van der Waals surface area contributed by atoms with Gasteiger partial charge < -0.3 is 14.4 Å². The number of hydrogen-bond acceptors (Lipinski definition) is 7. The molecule has 0 spiro atoms. The fourth-order valence-electron chi connectivity index (χ4n) is 3.56. The number of hydrogen-bond donors (Lipinski definition) is 0. The van der Waals surface area contributed by atoms with E-state index in [4.69, 9.17) is 14.5 Å². The highest BCUT2D eigenvalue weighted by atomic mass is 16.5. The maximum absolute atomic E-state index is 12.5. The summed E-state index contributed by atoms with van der Waals surface area (Å²) >= 11 is 0. The monoisotopic (exact) mass is 371 g/mol. The van der Waals surface area contributed by atoms with Crippen molar-refractivity contribution in [2.45, 2.75) is 6.10 Å². The molecule has 2 aliphatic rings. The van der Waals surface area contributed by atoms with E-state index >= 15 is 0 Å². The Labute approximate surface area is 158 Å². The number of aromatic nitrogens is 3. The summed E-state index contributed by atoms with van der Waals surface area (Å²) in [5.41, 5.74) is 1.50. The zero-order valence-corrected chi connectivity index (χ0v) is 15.6. The summed E-state index contributed by atoms with van der Waals surface area (Å²) in [6.07, 6.45) is 3.51. The molecular formula is C19H25N5O3. The smallest absolute Gasteiger partial charge is 0.255 e. The minimum Gasteiger partial charge on any atom is -0.379 e. The molecule has 2 fully saturated rings. The molecule has 144 valence electrons. The molecule has 8 nitrogen and oxygen atoms in total. The van der Waals surface area contributed by atoms with Gasteiger partial charge in [-0.2, -0.15) is 0 Å². The van der Waals surface area contributed by atoms with E-state index in [1.54, 1.807) is 30.1 Å². The van der Waals surface area contributed by atoms with E-state index in [0.29, 0.717) is 18.2 Å². The van der Waals surface area contributed by atoms with Gasteiger partial charge in [0.15, 0.2) is 0 Å². The van der Waals surface area contributed by atoms with Gasteiger partial charge in [0, 0.05) is 63.8 Å². The Kier molecular flexibility index (Phi) is 5.47. The lowest BCUT2D eigenvalue weighted by Gasteiger charge is -2.37. The first-order valence-corrected chi connectivity index (χ1v) is 9.36. The summed E-state index contributed by atoms with van der Waals surface area (Å²) in [5.74, 6) is 0.685. The molecule has 4 heterocycles. The van der Waals surface area contributed by atoms with E-state index < -0.39 is 0 Å². The third-order valence-electron chi connectivity index (χ3n) is 5.07. The summed E-state index contributed by atoms with van der Waals surface area (Å²) in [5, 5.41) is 0. The van der Waals surface area contributed by atoms with Gasteiger partial charge in [0.2, 0.25) is 5.95 Å². The average Bonchev–Trinajstić information content (AvgIpc) is 2.71. The Morgan fingerprint density at radius 1 is 1.15 bits per heavy atom. The van der Waals surface area contributed by atoms with Crippen LogP contribution >= 0.6 is 0 Å². The van der Waals surface area contributed by atoms with Crippen LogP contribution in [0.15, 0.2) is 35.4 Å². The Bertz CT molecular complexity index is 820. The van der Waals surface area contributed by atoms with E-state index in [2.05, 4.69) is 14.8 Å². The van der Waals surface area contributed by atoms with E-state index in [9.17, 15) is 4.79 Å². The van der Waals surface area contributed by atoms with Gasteiger partial charge in [0.25, 0.3) is 5.56 Å². The van der Waals surface area contributed by atoms with Crippen molar-refractivity contribution in [2.24, 2.45) is 7.05 Å². The Morgan fingerprint density at radius 2 is 1.93 bits per heavy atom. The first kappa shape index (κ1) is 18.1. The lowest BCUT2D eigenvalue weighted by atomic mass is 10.2. The van der Waals surface area contributed by atoms with Crippen LogP contribution in [0.2, 0.25) is 0 Å². The molecule has 2 saturated heterocycles. The van der Waals surface area contributed by atoms with E-state index in [1.807, 2.05) is 12.1 Å². The second kappa shape index (κ2) is 8.16. The minimum absolute atomic E-state index is 0.0666. The van der Waals surface area contributed by atoms with Crippen molar-refractivity contribution >= 4 is 5.95 Å². The van der Waals surface area contributed by atoms with E-state index in [1.165, 1.54) is 0 Å². The fourth-order valence-corrected chi connectivity index (χ4v) is 3.56. The molecule has 0 amide bonds. The van der Waals surface area contributed by atoms with Crippen LogP contribution in [0.3, 0.4) is 0 Å². The number of anilines is 1. The number of nitrogens with zero attached hydrogens (tertiary/aromatic N) is 5. The molecule has 1 unspecified atom stereocenters. The lowest BCUT2D eigenvalue weighted by molar-refractivity contribution is -0.0174. The van der Waals surface area contributed by atoms with Crippen molar-refractivity contribution in [1.29, 1.82) is 0 Å². The second-order valence-electron chi connectivity index (χ2n) is 6.93. The normalized spacial score (nSPS) is 21.4. The predicted octanol–water partition coefficient (Wildman–Crippen LogP) is 0.380. The number of rotatable bonds is 4. The van der Waals surface area contributed by atoms with Gasteiger partial charge in [-0.05, 0) is 12.1 Å². The highest BCUT2D eigenvalue weighted by molar-refractivity contribution is 5.59. The standard InChI is InChI=1S/C19H25N5O3/c1-22-18(25)12-17(15-2-4-20-5-3-15)21-19(22)24-8-11-27-16(14-24)13-23-6-9-26-10-7-23/h2-5,12,16H,6-11,13-14H2,1H3. The molecule has 8 heteroatoms. The number of morpholine rings is 2. The van der Waals surface area contributed by atoms with Crippen molar-refractivity contribution in [3.63, 3.8) is 0 Å². The van der Waals surface area contributed by atoms with Gasteiger partial charge in [-0.25, -0.2) is 4.98 Å². The Balaban J connectivity index is 1.54. The van der Waals surface area contributed by atoms with Crippen molar-refractivity contribution in [2.75, 3.05) is 57.4 Å². The molecule has 2 aromatic heterocycles. The number of pyridine rings is 1. The molecular weight excluding hydrogens is 346 g/mol. The SMILES string of the molecule is Cn1c(N2CCOC(CN3CCOCC3)C2)nc(-c2ccncc2)cc1=O. The van der Waals surface area contributed by atoms with Crippen LogP contribution in [0, 0.1) is 0 Å². The van der Waals surface area contributed by atoms with Crippen LogP contribution < -0.4 is 10.5 Å². The van der Waals surface area contributed by atoms with Gasteiger partial charge in [0.05, 0.1) is 31.6 Å². The van der Waals surface area contributed by atoms with Gasteiger partial charge in [-0.15, -0.1) is 0 Å². The topological polar surface area (TPSA) is 72.7 Å². The molecule has 27 heavy (non-hydrogen) atoms. The van der Waals surface area contributed by atoms with Crippen LogP contribution in [-0.4, -0.2) is 78.1 Å². The van der Waals surface area contributed by atoms with Crippen LogP contribution in [-0.2, 0) is 16.5 Å². The van der Waals surface area contributed by atoms with E-state index in [0.717, 1.165) is 51.5 Å². The molecule has 0 saturated carbocycles. The fraction of sp³-hybridized carbons (Fsp3) is 0.526. The summed E-state index contributed by atoms with van der Waals surface area (Å²) in [6.45, 7) is 6.38. The molecule has 2 aromatic rings. The first-order valence-electron chi connectivity index (χ1n) is 9.36. The minimum atomic E-state index is -0.0666. The summed E-state index contributed by atoms with van der Waals surface area (Å²) in [4.78, 5) is 25.8. The Hall–Kier alpha value is -2.29. The molecule has 0 radical (unpaired) electrons. The van der Waals surface area contributed by atoms with Crippen LogP contribution in [0.25, 0.3) is 11.3 Å². The van der Waals surface area contributed by atoms with Crippen LogP contribution in [0.1, 0.15) is 0 Å². The number of ether oxygens (including phenoxy) is 2. The van der Waals surface area contributed by atoms with E-state index in [-0.39, 0.29) is 11.7 Å². The molecule has 2 aliphatic heterocycles. The zero-order chi connectivity index (χ0) is 18.6. The third kappa shape index (κ3) is 4.18. The molecule has 1 atom stereocenters. The van der Waals surface area contributed by atoms with Gasteiger partial charge in [-0.3, -0.25) is 19.2 Å². The highest BCUT2D eigenvalue weighted by Gasteiger charge is 2.26. The second-order valence-corrected chi connectivity index (χ2v) is 6.93. The van der Waals surface area contributed by atoms with Crippen molar-refractivity contribution in [3.8, 4) is 11.3 Å². The third-order valence-corrected chi connectivity index (χ3v) is 5.07. The van der Waals surface area contributed by atoms with Crippen LogP contribution in [0.5, 0.6) is 0 Å². The van der Waals surface area contributed by atoms with Crippen molar-refractivity contribution in [1.82, 2.24) is 19.4 Å². The molecule has 0 bridgehead atoms. The summed E-state index contributed by atoms with van der Waals surface area (Å²) < 4.78 is 13.0. The summed E-state index contributed by atoms with van der Waals surface area (Å²) in [6, 6.07) is 5.31. The largest absolute Gasteiger partial charge is 0.379 e. The quantitative estimate of drug-likeness (QED) is 0.769. The molecule has 4 rings (SSSR count). The summed E-state index contributed by atoms with van der Waals surface area (Å²) in [7, 11) is 1.77. The Morgan fingerprint density at radius 3 is 2.70 bits per heavy atom. The maximum atomic E-state index is 12.5. The highest BCUT2D eigenvalue weighted by Crippen LogP contribution is 2.20. The molecule has 0 aromatic carbocycles. The van der Waals surface area contributed by atoms with Crippen LogP contribution in [0.4, 0.5) is 5.95 Å². The van der Waals surface area contributed by atoms with Crippen molar-refractivity contribution < 1.29 is 9.47 Å². The van der Waals surface area contributed by atoms with Gasteiger partial charge >= 0.3 is 0 Å². The first-order chi connectivity index (χ1) is 13.2. The predicted molar refractivity (Wildman–Crippen MR) is 102 cm³/mol.